The van der Waals surface area contributed by atoms with Crippen molar-refractivity contribution in [2.45, 2.75) is 46.7 Å². The van der Waals surface area contributed by atoms with Crippen LogP contribution < -0.4 is 14.5 Å². The predicted molar refractivity (Wildman–Crippen MR) is 124 cm³/mol. The zero-order valence-electron chi connectivity index (χ0n) is 18.6. The summed E-state index contributed by atoms with van der Waals surface area (Å²) in [6, 6.07) is 14.4. The first kappa shape index (κ1) is 23.7. The van der Waals surface area contributed by atoms with E-state index in [1.54, 1.807) is 12.1 Å². The molecule has 1 N–H and O–H groups in total. The Bertz CT molecular complexity index is 921. The van der Waals surface area contributed by atoms with Gasteiger partial charge in [-0.3, -0.25) is 9.10 Å². The second kappa shape index (κ2) is 10.5. The van der Waals surface area contributed by atoms with Crippen LogP contribution in [0.15, 0.2) is 48.5 Å². The van der Waals surface area contributed by atoms with Crippen LogP contribution in [0.4, 0.5) is 11.4 Å². The van der Waals surface area contributed by atoms with E-state index in [9.17, 15) is 13.2 Å². The van der Waals surface area contributed by atoms with Gasteiger partial charge in [0.05, 0.1) is 11.9 Å². The first-order chi connectivity index (χ1) is 14.2. The van der Waals surface area contributed by atoms with Crippen LogP contribution in [0.25, 0.3) is 0 Å². The lowest BCUT2D eigenvalue weighted by molar-refractivity contribution is -0.122. The highest BCUT2D eigenvalue weighted by molar-refractivity contribution is 7.92. The van der Waals surface area contributed by atoms with Crippen LogP contribution in [-0.4, -0.2) is 39.7 Å². The van der Waals surface area contributed by atoms with Gasteiger partial charge in [-0.05, 0) is 57.0 Å². The van der Waals surface area contributed by atoms with Gasteiger partial charge < -0.3 is 10.2 Å². The Morgan fingerprint density at radius 1 is 0.933 bits per heavy atom. The van der Waals surface area contributed by atoms with Crippen LogP contribution in [0, 0.1) is 6.92 Å². The molecule has 0 aromatic heterocycles. The number of hydrogen-bond donors (Lipinski definition) is 1. The van der Waals surface area contributed by atoms with Crippen LogP contribution in [0.1, 0.15) is 38.3 Å². The van der Waals surface area contributed by atoms with Crippen LogP contribution in [-0.2, 0) is 21.4 Å². The number of aryl methyl sites for hydroxylation is 1. The first-order valence-electron chi connectivity index (χ1n) is 10.4. The second-order valence-electron chi connectivity index (χ2n) is 7.37. The molecule has 0 fully saturated rings. The van der Waals surface area contributed by atoms with Gasteiger partial charge in [-0.1, -0.05) is 36.8 Å². The maximum Gasteiger partial charge on any atom is 0.244 e. The minimum absolute atomic E-state index is 0.309. The maximum atomic E-state index is 12.9. The van der Waals surface area contributed by atoms with Crippen LogP contribution in [0.3, 0.4) is 0 Å². The van der Waals surface area contributed by atoms with Crippen LogP contribution >= 0.6 is 0 Å². The standard InChI is InChI=1S/C23H33N3O3S/c1-6-22(26(30(5,28)29)21-13-9-18(4)10-14-21)23(27)24-17-19-11-15-20(16-12-19)25(7-2)8-3/h9-16,22H,6-8,17H2,1-5H3,(H,24,27)/t22-/m0/s1. The minimum Gasteiger partial charge on any atom is -0.372 e. The molecule has 2 aromatic rings. The third-order valence-corrected chi connectivity index (χ3v) is 6.33. The molecule has 0 aliphatic rings. The molecule has 0 spiro atoms. The van der Waals surface area contributed by atoms with E-state index in [1.807, 2.05) is 50.2 Å². The van der Waals surface area contributed by atoms with E-state index in [2.05, 4.69) is 24.1 Å². The van der Waals surface area contributed by atoms with Gasteiger partial charge in [0.1, 0.15) is 6.04 Å². The predicted octanol–water partition coefficient (Wildman–Crippen LogP) is 3.70. The fourth-order valence-electron chi connectivity index (χ4n) is 3.47. The van der Waals surface area contributed by atoms with Gasteiger partial charge in [-0.15, -0.1) is 0 Å². The molecule has 7 heteroatoms. The van der Waals surface area contributed by atoms with Crippen molar-refractivity contribution in [1.29, 1.82) is 0 Å². The van der Waals surface area contributed by atoms with E-state index >= 15 is 0 Å². The van der Waals surface area contributed by atoms with E-state index in [-0.39, 0.29) is 5.91 Å². The number of carbonyl (C=O) groups excluding carboxylic acids is 1. The van der Waals surface area contributed by atoms with Gasteiger partial charge in [0.15, 0.2) is 0 Å². The highest BCUT2D eigenvalue weighted by Crippen LogP contribution is 2.23. The fraction of sp³-hybridized carbons (Fsp3) is 0.435. The highest BCUT2D eigenvalue weighted by Gasteiger charge is 2.31. The lowest BCUT2D eigenvalue weighted by Gasteiger charge is -2.30. The van der Waals surface area contributed by atoms with Gasteiger partial charge >= 0.3 is 0 Å². The van der Waals surface area contributed by atoms with Gasteiger partial charge in [0.2, 0.25) is 15.9 Å². The molecule has 0 unspecified atom stereocenters. The maximum absolute atomic E-state index is 12.9. The minimum atomic E-state index is -3.62. The van der Waals surface area contributed by atoms with Crippen molar-refractivity contribution < 1.29 is 13.2 Å². The Kier molecular flexibility index (Phi) is 8.29. The number of rotatable bonds is 10. The highest BCUT2D eigenvalue weighted by atomic mass is 32.2. The Balaban J connectivity index is 2.15. The summed E-state index contributed by atoms with van der Waals surface area (Å²) in [4.78, 5) is 15.2. The SMILES string of the molecule is CC[C@@H](C(=O)NCc1ccc(N(CC)CC)cc1)N(c1ccc(C)cc1)S(C)(=O)=O. The summed E-state index contributed by atoms with van der Waals surface area (Å²) in [5, 5.41) is 2.90. The molecular weight excluding hydrogens is 398 g/mol. The van der Waals surface area contributed by atoms with E-state index in [1.165, 1.54) is 4.31 Å². The summed E-state index contributed by atoms with van der Waals surface area (Å²) in [7, 11) is -3.62. The van der Waals surface area contributed by atoms with Crippen molar-refractivity contribution in [2.24, 2.45) is 0 Å². The molecular formula is C23H33N3O3S. The molecule has 0 heterocycles. The smallest absolute Gasteiger partial charge is 0.244 e. The average Bonchev–Trinajstić information content (AvgIpc) is 2.72. The zero-order chi connectivity index (χ0) is 22.3. The van der Waals surface area contributed by atoms with Gasteiger partial charge in [0, 0.05) is 25.3 Å². The first-order valence-corrected chi connectivity index (χ1v) is 12.2. The normalized spacial score (nSPS) is 12.3. The number of hydrogen-bond acceptors (Lipinski definition) is 4. The van der Waals surface area contributed by atoms with E-state index in [0.717, 1.165) is 36.2 Å². The van der Waals surface area contributed by atoms with Crippen LogP contribution in [0.5, 0.6) is 0 Å². The summed E-state index contributed by atoms with van der Waals surface area (Å²) < 4.78 is 26.2. The molecule has 0 saturated heterocycles. The van der Waals surface area contributed by atoms with Gasteiger partial charge in [0.25, 0.3) is 0 Å². The van der Waals surface area contributed by atoms with Crippen molar-refractivity contribution in [3.8, 4) is 0 Å². The van der Waals surface area contributed by atoms with Crippen molar-refractivity contribution >= 4 is 27.3 Å². The summed E-state index contributed by atoms with van der Waals surface area (Å²) in [6.07, 6.45) is 1.50. The number of benzene rings is 2. The van der Waals surface area contributed by atoms with E-state index in [4.69, 9.17) is 0 Å². The molecule has 1 atom stereocenters. The number of nitrogens with one attached hydrogen (secondary N) is 1. The van der Waals surface area contributed by atoms with Crippen molar-refractivity contribution in [2.75, 3.05) is 28.6 Å². The third-order valence-electron chi connectivity index (χ3n) is 5.15. The topological polar surface area (TPSA) is 69.7 Å². The van der Waals surface area contributed by atoms with E-state index < -0.39 is 16.1 Å². The average molecular weight is 432 g/mol. The Hall–Kier alpha value is -2.54. The summed E-state index contributed by atoms with van der Waals surface area (Å²) in [6.45, 7) is 10.2. The fourth-order valence-corrected chi connectivity index (χ4v) is 4.68. The van der Waals surface area contributed by atoms with Crippen molar-refractivity contribution in [3.05, 3.63) is 59.7 Å². The number of sulfonamides is 1. The zero-order valence-corrected chi connectivity index (χ0v) is 19.4. The Morgan fingerprint density at radius 3 is 1.93 bits per heavy atom. The lowest BCUT2D eigenvalue weighted by atomic mass is 10.1. The van der Waals surface area contributed by atoms with Gasteiger partial charge in [-0.2, -0.15) is 0 Å². The summed E-state index contributed by atoms with van der Waals surface area (Å²) in [5.41, 5.74) is 3.63. The molecule has 2 aromatic carbocycles. The van der Waals surface area contributed by atoms with Crippen molar-refractivity contribution in [3.63, 3.8) is 0 Å². The molecule has 0 aliphatic carbocycles. The Morgan fingerprint density at radius 2 is 1.47 bits per heavy atom. The van der Waals surface area contributed by atoms with Crippen LogP contribution in [0.2, 0.25) is 0 Å². The second-order valence-corrected chi connectivity index (χ2v) is 9.23. The number of carbonyl (C=O) groups is 1. The molecule has 30 heavy (non-hydrogen) atoms. The molecule has 2 rings (SSSR count). The molecule has 0 radical (unpaired) electrons. The monoisotopic (exact) mass is 431 g/mol. The largest absolute Gasteiger partial charge is 0.372 e. The molecule has 6 nitrogen and oxygen atoms in total. The molecule has 1 amide bonds. The molecule has 0 bridgehead atoms. The number of nitrogens with zero attached hydrogens (tertiary/aromatic N) is 2. The summed E-state index contributed by atoms with van der Waals surface area (Å²) in [5.74, 6) is -0.309. The molecule has 164 valence electrons. The number of anilines is 2. The van der Waals surface area contributed by atoms with Gasteiger partial charge in [-0.25, -0.2) is 8.42 Å². The summed E-state index contributed by atoms with van der Waals surface area (Å²) >= 11 is 0. The molecule has 0 saturated carbocycles. The van der Waals surface area contributed by atoms with Crippen molar-refractivity contribution in [1.82, 2.24) is 5.32 Å². The third kappa shape index (κ3) is 5.98. The Labute approximate surface area is 180 Å². The van der Waals surface area contributed by atoms with E-state index in [0.29, 0.717) is 18.7 Å². The number of amides is 1. The lowest BCUT2D eigenvalue weighted by Crippen LogP contribution is -2.49. The quantitative estimate of drug-likeness (QED) is 0.623. The molecule has 0 aliphatic heterocycles.